The van der Waals surface area contributed by atoms with Crippen molar-refractivity contribution in [3.8, 4) is 0 Å². The first-order valence-corrected chi connectivity index (χ1v) is 9.02. The molecule has 1 aliphatic rings. The zero-order chi connectivity index (χ0) is 18.3. The van der Waals surface area contributed by atoms with Gasteiger partial charge in [0.25, 0.3) is 0 Å². The lowest BCUT2D eigenvalue weighted by Crippen LogP contribution is -2.25. The van der Waals surface area contributed by atoms with E-state index in [1.807, 2.05) is 29.2 Å². The highest BCUT2D eigenvalue weighted by Gasteiger charge is 2.35. The number of fused-ring (bicyclic) bond motifs is 1. The van der Waals surface area contributed by atoms with Crippen LogP contribution in [-0.4, -0.2) is 22.0 Å². The average Bonchev–Trinajstić information content (AvgIpc) is 3.18. The van der Waals surface area contributed by atoms with Gasteiger partial charge in [0.05, 0.1) is 11.0 Å². The molecule has 0 saturated carbocycles. The minimum Gasteiger partial charge on any atom is -0.324 e. The van der Waals surface area contributed by atoms with Crippen molar-refractivity contribution in [1.82, 2.24) is 9.55 Å². The van der Waals surface area contributed by atoms with Crippen molar-refractivity contribution < 1.29 is 4.79 Å². The van der Waals surface area contributed by atoms with Crippen molar-refractivity contribution in [2.24, 2.45) is 0 Å². The van der Waals surface area contributed by atoms with Crippen LogP contribution in [0.5, 0.6) is 0 Å². The van der Waals surface area contributed by atoms with E-state index in [0.717, 1.165) is 28.1 Å². The molecule has 0 spiro atoms. The van der Waals surface area contributed by atoms with Crippen LogP contribution in [0.25, 0.3) is 11.0 Å². The fraction of sp³-hybridized carbons (Fsp3) is 0.273. The van der Waals surface area contributed by atoms with Crippen molar-refractivity contribution in [2.45, 2.75) is 32.7 Å². The van der Waals surface area contributed by atoms with E-state index in [4.69, 9.17) is 4.98 Å². The second-order valence-corrected chi connectivity index (χ2v) is 7.05. The standard InChI is InChI=1S/C22H23N3O/c1-4-11-24-19-8-6-5-7-18(19)23-22(24)17-13-21(26)25(14-17)20-12-15(2)9-10-16(20)3/h4-10,12,17H,1,11,13-14H2,2-3H3/t17-/m1/s1. The molecule has 1 saturated heterocycles. The minimum atomic E-state index is 0.0924. The third-order valence-corrected chi connectivity index (χ3v) is 5.14. The summed E-state index contributed by atoms with van der Waals surface area (Å²) in [5.74, 6) is 1.24. The molecular formula is C22H23N3O. The van der Waals surface area contributed by atoms with Gasteiger partial charge in [-0.15, -0.1) is 6.58 Å². The van der Waals surface area contributed by atoms with Crippen molar-refractivity contribution in [3.63, 3.8) is 0 Å². The van der Waals surface area contributed by atoms with Gasteiger partial charge in [0.2, 0.25) is 5.91 Å². The van der Waals surface area contributed by atoms with E-state index in [-0.39, 0.29) is 11.8 Å². The van der Waals surface area contributed by atoms with Gasteiger partial charge in [-0.3, -0.25) is 4.79 Å². The van der Waals surface area contributed by atoms with E-state index in [1.165, 1.54) is 5.56 Å². The Bertz CT molecular complexity index is 1000. The third-order valence-electron chi connectivity index (χ3n) is 5.14. The molecule has 0 radical (unpaired) electrons. The Balaban J connectivity index is 1.73. The molecule has 4 nitrogen and oxygen atoms in total. The topological polar surface area (TPSA) is 38.1 Å². The number of benzene rings is 2. The minimum absolute atomic E-state index is 0.0924. The maximum absolute atomic E-state index is 12.8. The van der Waals surface area contributed by atoms with E-state index in [2.05, 4.69) is 49.3 Å². The van der Waals surface area contributed by atoms with Crippen molar-refractivity contribution in [1.29, 1.82) is 0 Å². The van der Waals surface area contributed by atoms with Gasteiger partial charge in [-0.25, -0.2) is 4.98 Å². The number of aryl methyl sites for hydroxylation is 2. The maximum atomic E-state index is 12.8. The molecule has 4 heteroatoms. The van der Waals surface area contributed by atoms with Crippen LogP contribution in [0.1, 0.15) is 29.3 Å². The summed E-state index contributed by atoms with van der Waals surface area (Å²) in [4.78, 5) is 19.5. The molecule has 1 amide bonds. The largest absolute Gasteiger partial charge is 0.324 e. The number of imidazole rings is 1. The van der Waals surface area contributed by atoms with Gasteiger partial charge in [0.15, 0.2) is 0 Å². The Labute approximate surface area is 153 Å². The van der Waals surface area contributed by atoms with Gasteiger partial charge in [0, 0.05) is 31.1 Å². The number of aromatic nitrogens is 2. The molecule has 26 heavy (non-hydrogen) atoms. The zero-order valence-corrected chi connectivity index (χ0v) is 15.3. The summed E-state index contributed by atoms with van der Waals surface area (Å²) in [6, 6.07) is 14.4. The summed E-state index contributed by atoms with van der Waals surface area (Å²) < 4.78 is 2.19. The zero-order valence-electron chi connectivity index (χ0n) is 15.3. The first-order chi connectivity index (χ1) is 12.6. The summed E-state index contributed by atoms with van der Waals surface area (Å²) >= 11 is 0. The predicted molar refractivity (Wildman–Crippen MR) is 106 cm³/mol. The molecule has 1 fully saturated rings. The number of amides is 1. The highest BCUT2D eigenvalue weighted by atomic mass is 16.2. The van der Waals surface area contributed by atoms with Gasteiger partial charge in [-0.2, -0.15) is 0 Å². The maximum Gasteiger partial charge on any atom is 0.227 e. The fourth-order valence-electron chi connectivity index (χ4n) is 3.85. The molecule has 0 unspecified atom stereocenters. The monoisotopic (exact) mass is 345 g/mol. The Morgan fingerprint density at radius 1 is 1.23 bits per heavy atom. The van der Waals surface area contributed by atoms with Crippen LogP contribution in [0.15, 0.2) is 55.1 Å². The number of para-hydroxylation sites is 2. The molecule has 1 aromatic heterocycles. The number of carbonyl (C=O) groups excluding carboxylic acids is 1. The van der Waals surface area contributed by atoms with E-state index >= 15 is 0 Å². The second-order valence-electron chi connectivity index (χ2n) is 7.05. The Morgan fingerprint density at radius 3 is 2.85 bits per heavy atom. The van der Waals surface area contributed by atoms with E-state index in [0.29, 0.717) is 19.5 Å². The van der Waals surface area contributed by atoms with Crippen LogP contribution in [-0.2, 0) is 11.3 Å². The molecule has 4 rings (SSSR count). The molecule has 1 atom stereocenters. The molecule has 2 heterocycles. The second kappa shape index (κ2) is 6.45. The molecule has 1 aliphatic heterocycles. The van der Waals surface area contributed by atoms with E-state index in [1.54, 1.807) is 0 Å². The smallest absolute Gasteiger partial charge is 0.227 e. The number of hydrogen-bond acceptors (Lipinski definition) is 2. The van der Waals surface area contributed by atoms with Gasteiger partial charge in [0.1, 0.15) is 5.82 Å². The lowest BCUT2D eigenvalue weighted by molar-refractivity contribution is -0.117. The number of allylic oxidation sites excluding steroid dienone is 1. The molecular weight excluding hydrogens is 322 g/mol. The third kappa shape index (κ3) is 2.71. The summed E-state index contributed by atoms with van der Waals surface area (Å²) in [7, 11) is 0. The SMILES string of the molecule is C=CCn1c([C@@H]2CC(=O)N(c3cc(C)ccc3C)C2)nc2ccccc21. The summed E-state index contributed by atoms with van der Waals surface area (Å²) in [5.41, 5.74) is 5.39. The Hall–Kier alpha value is -2.88. The van der Waals surface area contributed by atoms with Gasteiger partial charge in [-0.05, 0) is 43.2 Å². The van der Waals surface area contributed by atoms with Gasteiger partial charge < -0.3 is 9.47 Å². The number of carbonyl (C=O) groups is 1. The van der Waals surface area contributed by atoms with Crippen LogP contribution >= 0.6 is 0 Å². The number of anilines is 1. The highest BCUT2D eigenvalue weighted by Crippen LogP contribution is 2.34. The Morgan fingerprint density at radius 2 is 2.04 bits per heavy atom. The van der Waals surface area contributed by atoms with Crippen LogP contribution in [0, 0.1) is 13.8 Å². The van der Waals surface area contributed by atoms with E-state index < -0.39 is 0 Å². The van der Waals surface area contributed by atoms with Gasteiger partial charge >= 0.3 is 0 Å². The lowest BCUT2D eigenvalue weighted by Gasteiger charge is -2.20. The first-order valence-electron chi connectivity index (χ1n) is 9.02. The van der Waals surface area contributed by atoms with E-state index in [9.17, 15) is 4.79 Å². The first kappa shape index (κ1) is 16.6. The summed E-state index contributed by atoms with van der Waals surface area (Å²) in [5, 5.41) is 0. The van der Waals surface area contributed by atoms with Crippen LogP contribution in [0.3, 0.4) is 0 Å². The van der Waals surface area contributed by atoms with Crippen molar-refractivity contribution in [3.05, 3.63) is 72.1 Å². The van der Waals surface area contributed by atoms with Crippen LogP contribution in [0.4, 0.5) is 5.69 Å². The Kier molecular flexibility index (Phi) is 4.11. The molecule has 0 aliphatic carbocycles. The molecule has 2 aromatic carbocycles. The summed E-state index contributed by atoms with van der Waals surface area (Å²) in [6.07, 6.45) is 2.38. The van der Waals surface area contributed by atoms with Crippen molar-refractivity contribution in [2.75, 3.05) is 11.4 Å². The average molecular weight is 345 g/mol. The quantitative estimate of drug-likeness (QED) is 0.659. The normalized spacial score (nSPS) is 17.2. The lowest BCUT2D eigenvalue weighted by atomic mass is 10.1. The highest BCUT2D eigenvalue weighted by molar-refractivity contribution is 5.97. The van der Waals surface area contributed by atoms with Crippen LogP contribution in [0.2, 0.25) is 0 Å². The molecule has 132 valence electrons. The number of nitrogens with zero attached hydrogens (tertiary/aromatic N) is 3. The molecule has 3 aromatic rings. The number of hydrogen-bond donors (Lipinski definition) is 0. The molecule has 0 bridgehead atoms. The molecule has 0 N–H and O–H groups in total. The van der Waals surface area contributed by atoms with Crippen molar-refractivity contribution >= 4 is 22.6 Å². The number of rotatable bonds is 4. The predicted octanol–water partition coefficient (Wildman–Crippen LogP) is 4.36. The fourth-order valence-corrected chi connectivity index (χ4v) is 3.85. The summed E-state index contributed by atoms with van der Waals surface area (Å²) in [6.45, 7) is 9.37. The van der Waals surface area contributed by atoms with Crippen LogP contribution < -0.4 is 4.90 Å². The van der Waals surface area contributed by atoms with Gasteiger partial charge in [-0.1, -0.05) is 30.3 Å².